The fraction of sp³-hybridized carbons (Fsp3) is 0.273. The lowest BCUT2D eigenvalue weighted by Gasteiger charge is -2.07. The smallest absolute Gasteiger partial charge is 0.305 e. The second-order valence-corrected chi connectivity index (χ2v) is 3.26. The average molecular weight is 222 g/mol. The normalized spacial score (nSPS) is 9.81. The van der Waals surface area contributed by atoms with Gasteiger partial charge in [0.05, 0.1) is 6.42 Å². The summed E-state index contributed by atoms with van der Waals surface area (Å²) in [5.41, 5.74) is 6.73. The topological polar surface area (TPSA) is 92.4 Å². The molecule has 0 heterocycles. The lowest BCUT2D eigenvalue weighted by atomic mass is 10.1. The van der Waals surface area contributed by atoms with E-state index in [1.54, 1.807) is 24.3 Å². The first-order valence-corrected chi connectivity index (χ1v) is 4.93. The number of hydrogen-bond acceptors (Lipinski definition) is 3. The summed E-state index contributed by atoms with van der Waals surface area (Å²) in [5.74, 6) is -1.23. The molecule has 86 valence electrons. The number of hydrogen-bond donors (Lipinski definition) is 3. The minimum atomic E-state index is -0.938. The van der Waals surface area contributed by atoms with Crippen molar-refractivity contribution in [2.45, 2.75) is 13.0 Å². The number of nitrogens with one attached hydrogen (secondary N) is 1. The number of carboxylic acids is 1. The van der Waals surface area contributed by atoms with E-state index in [4.69, 9.17) is 10.8 Å². The van der Waals surface area contributed by atoms with Gasteiger partial charge in [-0.3, -0.25) is 9.59 Å². The molecule has 0 aliphatic heterocycles. The largest absolute Gasteiger partial charge is 0.481 e. The van der Waals surface area contributed by atoms with Gasteiger partial charge in [-0.1, -0.05) is 18.2 Å². The third-order valence-electron chi connectivity index (χ3n) is 2.11. The van der Waals surface area contributed by atoms with Crippen LogP contribution < -0.4 is 11.1 Å². The Morgan fingerprint density at radius 2 is 2.00 bits per heavy atom. The van der Waals surface area contributed by atoms with Gasteiger partial charge in [0.25, 0.3) is 5.91 Å². The molecule has 1 aromatic rings. The highest BCUT2D eigenvalue weighted by Gasteiger charge is 2.09. The average Bonchev–Trinajstić information content (AvgIpc) is 2.28. The zero-order valence-electron chi connectivity index (χ0n) is 8.77. The first-order chi connectivity index (χ1) is 7.65. The molecule has 0 spiro atoms. The standard InChI is InChI=1S/C11H14N2O3/c12-7-8-3-1-2-4-9(8)11(16)13-6-5-10(14)15/h1-4H,5-7,12H2,(H,13,16)(H,14,15). The van der Waals surface area contributed by atoms with Crippen molar-refractivity contribution in [3.63, 3.8) is 0 Å². The van der Waals surface area contributed by atoms with E-state index < -0.39 is 5.97 Å². The first-order valence-electron chi connectivity index (χ1n) is 4.93. The second-order valence-electron chi connectivity index (χ2n) is 3.26. The molecule has 0 aliphatic rings. The van der Waals surface area contributed by atoms with E-state index in [2.05, 4.69) is 5.32 Å². The van der Waals surface area contributed by atoms with Crippen LogP contribution in [0, 0.1) is 0 Å². The molecule has 1 aromatic carbocycles. The summed E-state index contributed by atoms with van der Waals surface area (Å²) in [6.45, 7) is 0.398. The molecule has 0 aromatic heterocycles. The maximum Gasteiger partial charge on any atom is 0.305 e. The van der Waals surface area contributed by atoms with Gasteiger partial charge >= 0.3 is 5.97 Å². The second kappa shape index (κ2) is 5.87. The van der Waals surface area contributed by atoms with E-state index >= 15 is 0 Å². The van der Waals surface area contributed by atoms with E-state index in [-0.39, 0.29) is 25.4 Å². The van der Waals surface area contributed by atoms with Gasteiger partial charge < -0.3 is 16.2 Å². The molecule has 0 saturated heterocycles. The number of carboxylic acid groups (broad SMARTS) is 1. The van der Waals surface area contributed by atoms with Crippen LogP contribution in [0.25, 0.3) is 0 Å². The number of nitrogens with two attached hydrogens (primary N) is 1. The SMILES string of the molecule is NCc1ccccc1C(=O)NCCC(=O)O. The van der Waals surface area contributed by atoms with Crippen molar-refractivity contribution >= 4 is 11.9 Å². The lowest BCUT2D eigenvalue weighted by Crippen LogP contribution is -2.27. The van der Waals surface area contributed by atoms with Gasteiger partial charge in [0.1, 0.15) is 0 Å². The quantitative estimate of drug-likeness (QED) is 0.670. The van der Waals surface area contributed by atoms with Crippen molar-refractivity contribution in [3.8, 4) is 0 Å². The number of rotatable bonds is 5. The third-order valence-corrected chi connectivity index (χ3v) is 2.11. The van der Waals surface area contributed by atoms with Gasteiger partial charge in [0.15, 0.2) is 0 Å². The highest BCUT2D eigenvalue weighted by atomic mass is 16.4. The summed E-state index contributed by atoms with van der Waals surface area (Å²) in [6, 6.07) is 6.98. The van der Waals surface area contributed by atoms with Crippen LogP contribution in [0.1, 0.15) is 22.3 Å². The molecule has 0 saturated carbocycles. The van der Waals surface area contributed by atoms with Gasteiger partial charge in [-0.05, 0) is 11.6 Å². The van der Waals surface area contributed by atoms with Gasteiger partial charge in [0, 0.05) is 18.7 Å². The molecule has 0 unspecified atom stereocenters. The summed E-state index contributed by atoms with van der Waals surface area (Å²) < 4.78 is 0. The van der Waals surface area contributed by atoms with Gasteiger partial charge in [-0.25, -0.2) is 0 Å². The Kier molecular flexibility index (Phi) is 4.47. The fourth-order valence-electron chi connectivity index (χ4n) is 1.30. The Hall–Kier alpha value is -1.88. The first kappa shape index (κ1) is 12.2. The van der Waals surface area contributed by atoms with Crippen molar-refractivity contribution in [1.82, 2.24) is 5.32 Å². The number of benzene rings is 1. The molecule has 0 aliphatic carbocycles. The molecule has 1 rings (SSSR count). The summed E-state index contributed by atoms with van der Waals surface area (Å²) in [6.07, 6.45) is -0.0868. The molecule has 4 N–H and O–H groups in total. The predicted octanol–water partition coefficient (Wildman–Crippen LogP) is 0.350. The maximum absolute atomic E-state index is 11.6. The summed E-state index contributed by atoms with van der Waals surface area (Å²) in [4.78, 5) is 21.9. The van der Waals surface area contributed by atoms with Gasteiger partial charge in [0.2, 0.25) is 0 Å². The van der Waals surface area contributed by atoms with Crippen molar-refractivity contribution in [3.05, 3.63) is 35.4 Å². The monoisotopic (exact) mass is 222 g/mol. The third kappa shape index (κ3) is 3.36. The molecule has 1 amide bonds. The summed E-state index contributed by atoms with van der Waals surface area (Å²) in [5, 5.41) is 11.0. The Morgan fingerprint density at radius 3 is 2.62 bits per heavy atom. The highest BCUT2D eigenvalue weighted by molar-refractivity contribution is 5.95. The van der Waals surface area contributed by atoms with Crippen LogP contribution >= 0.6 is 0 Å². The molecule has 0 fully saturated rings. The lowest BCUT2D eigenvalue weighted by molar-refractivity contribution is -0.136. The minimum Gasteiger partial charge on any atom is -0.481 e. The predicted molar refractivity (Wildman–Crippen MR) is 58.9 cm³/mol. The van der Waals surface area contributed by atoms with Crippen LogP contribution in [-0.2, 0) is 11.3 Å². The van der Waals surface area contributed by atoms with Crippen molar-refractivity contribution < 1.29 is 14.7 Å². The molecule has 5 heteroatoms. The van der Waals surface area contributed by atoms with Crippen LogP contribution in [0.2, 0.25) is 0 Å². The molecule has 5 nitrogen and oxygen atoms in total. The van der Waals surface area contributed by atoms with Gasteiger partial charge in [-0.2, -0.15) is 0 Å². The zero-order chi connectivity index (χ0) is 12.0. The molecule has 0 bridgehead atoms. The van der Waals surface area contributed by atoms with Crippen LogP contribution in [0.3, 0.4) is 0 Å². The van der Waals surface area contributed by atoms with E-state index in [9.17, 15) is 9.59 Å². The van der Waals surface area contributed by atoms with E-state index in [1.165, 1.54) is 0 Å². The Balaban J connectivity index is 2.62. The van der Waals surface area contributed by atoms with Crippen LogP contribution in [0.4, 0.5) is 0 Å². The molecule has 0 radical (unpaired) electrons. The van der Waals surface area contributed by atoms with Crippen LogP contribution in [0.15, 0.2) is 24.3 Å². The van der Waals surface area contributed by atoms with E-state index in [0.717, 1.165) is 5.56 Å². The summed E-state index contributed by atoms with van der Waals surface area (Å²) in [7, 11) is 0. The molecule has 0 atom stereocenters. The van der Waals surface area contributed by atoms with Crippen molar-refractivity contribution in [2.75, 3.05) is 6.54 Å². The fourth-order valence-corrected chi connectivity index (χ4v) is 1.30. The van der Waals surface area contributed by atoms with Gasteiger partial charge in [-0.15, -0.1) is 0 Å². The van der Waals surface area contributed by atoms with Crippen molar-refractivity contribution in [2.24, 2.45) is 5.73 Å². The number of amides is 1. The van der Waals surface area contributed by atoms with Crippen molar-refractivity contribution in [1.29, 1.82) is 0 Å². The molecular formula is C11H14N2O3. The molecule has 16 heavy (non-hydrogen) atoms. The summed E-state index contributed by atoms with van der Waals surface area (Å²) >= 11 is 0. The highest BCUT2D eigenvalue weighted by Crippen LogP contribution is 2.07. The number of aliphatic carboxylic acids is 1. The zero-order valence-corrected chi connectivity index (χ0v) is 8.77. The van der Waals surface area contributed by atoms with E-state index in [1.807, 2.05) is 0 Å². The van der Waals surface area contributed by atoms with Crippen LogP contribution in [-0.4, -0.2) is 23.5 Å². The minimum absolute atomic E-state index is 0.0868. The Morgan fingerprint density at radius 1 is 1.31 bits per heavy atom. The number of carbonyl (C=O) groups excluding carboxylic acids is 1. The Bertz CT molecular complexity index is 391. The maximum atomic E-state index is 11.6. The Labute approximate surface area is 93.3 Å². The van der Waals surface area contributed by atoms with E-state index in [0.29, 0.717) is 5.56 Å². The molecular weight excluding hydrogens is 208 g/mol. The number of carbonyl (C=O) groups is 2. The van der Waals surface area contributed by atoms with Crippen LogP contribution in [0.5, 0.6) is 0 Å².